The van der Waals surface area contributed by atoms with Gasteiger partial charge in [0.1, 0.15) is 33.8 Å². The molecule has 0 radical (unpaired) electrons. The minimum atomic E-state index is -0.749. The Balaban J connectivity index is 1.01. The number of hydrogen-bond acceptors (Lipinski definition) is 4. The van der Waals surface area contributed by atoms with Crippen LogP contribution in [0.25, 0.3) is 99.5 Å². The predicted octanol–water partition coefficient (Wildman–Crippen LogP) is 18.9. The van der Waals surface area contributed by atoms with Gasteiger partial charge in [0.05, 0.1) is 11.1 Å². The highest BCUT2D eigenvalue weighted by molar-refractivity contribution is 6.99. The molecule has 2 aliphatic heterocycles. The van der Waals surface area contributed by atoms with Gasteiger partial charge < -0.3 is 18.5 Å². The van der Waals surface area contributed by atoms with Crippen LogP contribution in [-0.2, 0) is 5.41 Å². The van der Waals surface area contributed by atoms with Crippen LogP contribution in [0.15, 0.2) is 300 Å². The van der Waals surface area contributed by atoms with Crippen molar-refractivity contribution in [1.29, 1.82) is 0 Å². The first-order valence-electron chi connectivity index (χ1n) is 28.9. The number of rotatable bonds is 7. The molecule has 0 amide bonds. The summed E-state index contributed by atoms with van der Waals surface area (Å²) in [6.45, 7) is -0.240. The Hall–Kier alpha value is -10.9. The van der Waals surface area contributed by atoms with Gasteiger partial charge in [0.25, 0.3) is 6.71 Å². The van der Waals surface area contributed by atoms with Crippen molar-refractivity contribution >= 4 is 84.0 Å². The molecule has 2 aromatic heterocycles. The summed E-state index contributed by atoms with van der Waals surface area (Å²) in [5.41, 5.74) is 24.9. The molecule has 0 N–H and O–H groups in total. The first-order chi connectivity index (χ1) is 41.7. The van der Waals surface area contributed by atoms with Crippen LogP contribution in [0.3, 0.4) is 0 Å². The molecule has 0 spiro atoms. The third-order valence-corrected chi connectivity index (χ3v) is 18.2. The van der Waals surface area contributed by atoms with E-state index < -0.39 is 5.41 Å². The standard InChI is InChI=1S/C79H48BNO3/c1-4-21-49(22-5-1)51-41-43-69-67(45-51)80-68-46-52(50-23-6-2-7-24-50)42-44-73(68)82-74-48-54(79(53-25-8-3-9-26-53)65-37-14-10-27-55(65)56-28-11-15-38-66(56)79)47-70(75(74)80)81(69)76-59(63-35-19-33-61-57-29-12-16-39-71(57)83-77(61)63)31-18-32-60(76)64-36-20-34-62-58-30-13-17-40-72(58)84-78(62)64/h1-48H. The van der Waals surface area contributed by atoms with Crippen LogP contribution in [0.2, 0.25) is 0 Å². The average Bonchev–Trinajstić information content (AvgIpc) is 1.30. The van der Waals surface area contributed by atoms with Gasteiger partial charge in [-0.25, -0.2) is 0 Å². The molecule has 0 saturated carbocycles. The highest BCUT2D eigenvalue weighted by Gasteiger charge is 2.50. The molecular formula is C79H48BNO3. The normalized spacial score (nSPS) is 13.4. The smallest absolute Gasteiger partial charge is 0.256 e. The molecule has 0 fully saturated rings. The molecule has 15 aromatic rings. The molecule has 4 nitrogen and oxygen atoms in total. The maximum atomic E-state index is 7.64. The van der Waals surface area contributed by atoms with E-state index >= 15 is 0 Å². The number of hydrogen-bond donors (Lipinski definition) is 0. The Morgan fingerprint density at radius 1 is 0.310 bits per heavy atom. The maximum absolute atomic E-state index is 7.64. The van der Waals surface area contributed by atoms with Crippen molar-refractivity contribution in [3.05, 3.63) is 313 Å². The van der Waals surface area contributed by atoms with Crippen LogP contribution in [0.5, 0.6) is 11.5 Å². The summed E-state index contributed by atoms with van der Waals surface area (Å²) in [5.74, 6) is 1.66. The third kappa shape index (κ3) is 6.66. The molecule has 0 bridgehead atoms. The lowest BCUT2D eigenvalue weighted by molar-refractivity contribution is 0.486. The second kappa shape index (κ2) is 18.1. The Bertz CT molecular complexity index is 5020. The molecule has 0 saturated heterocycles. The first-order valence-corrected chi connectivity index (χ1v) is 28.9. The Morgan fingerprint density at radius 3 is 1.39 bits per heavy atom. The maximum Gasteiger partial charge on any atom is 0.256 e. The zero-order valence-corrected chi connectivity index (χ0v) is 45.5. The van der Waals surface area contributed by atoms with E-state index in [0.29, 0.717) is 0 Å². The summed E-state index contributed by atoms with van der Waals surface area (Å²) in [6, 6.07) is 106. The van der Waals surface area contributed by atoms with Crippen molar-refractivity contribution in [2.75, 3.05) is 4.90 Å². The fourth-order valence-electron chi connectivity index (χ4n) is 14.7. The van der Waals surface area contributed by atoms with E-state index in [-0.39, 0.29) is 6.71 Å². The highest BCUT2D eigenvalue weighted by atomic mass is 16.5. The molecule has 13 aromatic carbocycles. The van der Waals surface area contributed by atoms with Gasteiger partial charge in [0, 0.05) is 55.2 Å². The van der Waals surface area contributed by atoms with E-state index in [0.717, 1.165) is 133 Å². The molecule has 18 rings (SSSR count). The fraction of sp³-hybridized carbons (Fsp3) is 0.0127. The minimum Gasteiger partial charge on any atom is -0.458 e. The molecule has 1 aliphatic carbocycles. The van der Waals surface area contributed by atoms with Crippen molar-refractivity contribution in [3.63, 3.8) is 0 Å². The minimum absolute atomic E-state index is 0.240. The van der Waals surface area contributed by atoms with Gasteiger partial charge >= 0.3 is 0 Å². The SMILES string of the molecule is c1ccc(-c2ccc3c(c2)B2c4cc(-c5ccccc5)ccc4N(c4c(-c5cccc6c5oc5ccccc56)cccc4-c4cccc5c4oc4ccccc45)c4cc(C5(c6ccccc6)c6ccccc6-c6ccccc65)cc(c42)O3)cc1. The van der Waals surface area contributed by atoms with E-state index in [4.69, 9.17) is 13.6 Å². The van der Waals surface area contributed by atoms with Crippen molar-refractivity contribution in [1.82, 2.24) is 0 Å². The van der Waals surface area contributed by atoms with Crippen LogP contribution >= 0.6 is 0 Å². The van der Waals surface area contributed by atoms with Gasteiger partial charge in [-0.15, -0.1) is 0 Å². The summed E-state index contributed by atoms with van der Waals surface area (Å²) in [7, 11) is 0. The number of nitrogens with zero attached hydrogens (tertiary/aromatic N) is 1. The van der Waals surface area contributed by atoms with Gasteiger partial charge in [0.15, 0.2) is 0 Å². The summed E-state index contributed by atoms with van der Waals surface area (Å²) in [6.07, 6.45) is 0. The Labute approximate surface area is 485 Å². The Morgan fingerprint density at radius 2 is 0.786 bits per heavy atom. The number of fused-ring (bicyclic) bond motifs is 13. The summed E-state index contributed by atoms with van der Waals surface area (Å²) in [4.78, 5) is 2.58. The largest absolute Gasteiger partial charge is 0.458 e. The average molecular weight is 1070 g/mol. The monoisotopic (exact) mass is 1070 g/mol. The number of furan rings is 2. The number of ether oxygens (including phenoxy) is 1. The molecule has 0 atom stereocenters. The summed E-state index contributed by atoms with van der Waals surface area (Å²) < 4.78 is 21.7. The van der Waals surface area contributed by atoms with Crippen LogP contribution in [0, 0.1) is 0 Å². The number of benzene rings is 13. The second-order valence-electron chi connectivity index (χ2n) is 22.5. The fourth-order valence-corrected chi connectivity index (χ4v) is 14.7. The summed E-state index contributed by atoms with van der Waals surface area (Å²) in [5, 5.41) is 4.28. The van der Waals surface area contributed by atoms with Crippen molar-refractivity contribution in [2.24, 2.45) is 0 Å². The second-order valence-corrected chi connectivity index (χ2v) is 22.5. The topological polar surface area (TPSA) is 38.8 Å². The molecule has 84 heavy (non-hydrogen) atoms. The van der Waals surface area contributed by atoms with E-state index in [1.54, 1.807) is 0 Å². The van der Waals surface area contributed by atoms with Crippen LogP contribution in [-0.4, -0.2) is 6.71 Å². The lowest BCUT2D eigenvalue weighted by Gasteiger charge is -2.43. The zero-order valence-electron chi connectivity index (χ0n) is 45.5. The zero-order chi connectivity index (χ0) is 55.0. The molecule has 5 heteroatoms. The molecule has 3 aliphatic rings. The third-order valence-electron chi connectivity index (χ3n) is 18.2. The van der Waals surface area contributed by atoms with Crippen LogP contribution in [0.4, 0.5) is 17.1 Å². The highest BCUT2D eigenvalue weighted by Crippen LogP contribution is 2.59. The van der Waals surface area contributed by atoms with Crippen LogP contribution in [0.1, 0.15) is 22.3 Å². The summed E-state index contributed by atoms with van der Waals surface area (Å²) >= 11 is 0. The van der Waals surface area contributed by atoms with Gasteiger partial charge in [-0.2, -0.15) is 0 Å². The Kier molecular flexibility index (Phi) is 10.1. The van der Waals surface area contributed by atoms with E-state index in [1.165, 1.54) is 33.3 Å². The van der Waals surface area contributed by atoms with Gasteiger partial charge in [-0.1, -0.05) is 255 Å². The van der Waals surface area contributed by atoms with E-state index in [2.05, 4.69) is 296 Å². The van der Waals surface area contributed by atoms with Crippen LogP contribution < -0.4 is 26.0 Å². The first kappa shape index (κ1) is 46.8. The number of anilines is 3. The van der Waals surface area contributed by atoms with Crippen molar-refractivity contribution in [3.8, 4) is 67.1 Å². The number of para-hydroxylation sites is 5. The van der Waals surface area contributed by atoms with Gasteiger partial charge in [-0.05, 0) is 108 Å². The van der Waals surface area contributed by atoms with Crippen molar-refractivity contribution < 1.29 is 13.6 Å². The predicted molar refractivity (Wildman–Crippen MR) is 346 cm³/mol. The van der Waals surface area contributed by atoms with E-state index in [1.807, 2.05) is 0 Å². The van der Waals surface area contributed by atoms with Gasteiger partial charge in [0.2, 0.25) is 0 Å². The molecule has 390 valence electrons. The lowest BCUT2D eigenvalue weighted by Crippen LogP contribution is -2.59. The van der Waals surface area contributed by atoms with E-state index in [9.17, 15) is 0 Å². The van der Waals surface area contributed by atoms with Crippen molar-refractivity contribution in [2.45, 2.75) is 5.41 Å². The lowest BCUT2D eigenvalue weighted by atomic mass is 9.33. The quantitative estimate of drug-likeness (QED) is 0.149. The van der Waals surface area contributed by atoms with Gasteiger partial charge in [-0.3, -0.25) is 0 Å². The molecular weight excluding hydrogens is 1020 g/mol. The molecule has 0 unspecified atom stereocenters. The molecule has 4 heterocycles.